The van der Waals surface area contributed by atoms with E-state index in [0.717, 1.165) is 19.3 Å². The van der Waals surface area contributed by atoms with Crippen LogP contribution in [0.1, 0.15) is 59.3 Å². The van der Waals surface area contributed by atoms with Crippen LogP contribution in [-0.4, -0.2) is 58.6 Å². The second-order valence-corrected chi connectivity index (χ2v) is 11.4. The third-order valence-electron chi connectivity index (χ3n) is 6.79. The van der Waals surface area contributed by atoms with Crippen molar-refractivity contribution in [2.24, 2.45) is 17.8 Å². The fourth-order valence-corrected chi connectivity index (χ4v) is 7.12. The molecular weight excluding hydrogens is 393 g/mol. The summed E-state index contributed by atoms with van der Waals surface area (Å²) < 4.78 is 19.2. The van der Waals surface area contributed by atoms with E-state index in [4.69, 9.17) is 4.74 Å². The number of carbonyl (C=O) groups is 2. The molecule has 7 atom stereocenters. The smallest absolute Gasteiger partial charge is 0.410 e. The maximum atomic E-state index is 13.8. The number of thioether (sulfide) groups is 1. The number of carbonyl (C=O) groups excluding carboxylic acids is 2. The first-order chi connectivity index (χ1) is 13.7. The van der Waals surface area contributed by atoms with E-state index in [9.17, 15) is 14.0 Å². The number of nitrogens with one attached hydrogen (secondary N) is 2. The van der Waals surface area contributed by atoms with Gasteiger partial charge in [-0.05, 0) is 71.1 Å². The Balaban J connectivity index is 1.27. The van der Waals surface area contributed by atoms with E-state index in [1.807, 2.05) is 32.5 Å². The molecule has 0 aromatic heterocycles. The van der Waals surface area contributed by atoms with E-state index < -0.39 is 11.8 Å². The Kier molecular flexibility index (Phi) is 6.04. The van der Waals surface area contributed by atoms with Gasteiger partial charge < -0.3 is 15.0 Å². The van der Waals surface area contributed by atoms with Gasteiger partial charge >= 0.3 is 6.09 Å². The third kappa shape index (κ3) is 4.84. The number of rotatable bonds is 2. The number of halogens is 1. The van der Waals surface area contributed by atoms with Gasteiger partial charge in [-0.15, -0.1) is 11.8 Å². The van der Waals surface area contributed by atoms with E-state index in [0.29, 0.717) is 55.5 Å². The fourth-order valence-electron chi connectivity index (χ4n) is 5.40. The zero-order chi connectivity index (χ0) is 20.8. The van der Waals surface area contributed by atoms with Crippen molar-refractivity contribution in [1.82, 2.24) is 15.5 Å². The SMILES string of the molecule is CC(C)(C)OC(=O)N1CC[C@H](C(=O)NC2NC3CCC4CC(F)CCC4C3S2)C1. The zero-order valence-electron chi connectivity index (χ0n) is 17.7. The molecule has 0 bridgehead atoms. The second kappa shape index (κ2) is 8.25. The molecule has 0 aromatic carbocycles. The summed E-state index contributed by atoms with van der Waals surface area (Å²) in [7, 11) is 0. The van der Waals surface area contributed by atoms with Crippen LogP contribution in [0.15, 0.2) is 0 Å². The average molecular weight is 428 g/mol. The number of nitrogens with zero attached hydrogens (tertiary/aromatic N) is 1. The number of hydrogen-bond acceptors (Lipinski definition) is 5. The molecule has 2 saturated heterocycles. The van der Waals surface area contributed by atoms with Gasteiger partial charge in [0.05, 0.1) is 5.92 Å². The first-order valence-corrected chi connectivity index (χ1v) is 12.0. The van der Waals surface area contributed by atoms with Gasteiger partial charge in [0, 0.05) is 24.4 Å². The number of hydrogen-bond donors (Lipinski definition) is 2. The average Bonchev–Trinajstić information content (AvgIpc) is 3.26. The molecule has 2 aliphatic heterocycles. The summed E-state index contributed by atoms with van der Waals surface area (Å²) >= 11 is 1.81. The summed E-state index contributed by atoms with van der Waals surface area (Å²) in [5.41, 5.74) is -0.619. The summed E-state index contributed by atoms with van der Waals surface area (Å²) in [5.74, 6) is 0.876. The maximum absolute atomic E-state index is 13.8. The molecule has 29 heavy (non-hydrogen) atoms. The van der Waals surface area contributed by atoms with E-state index in [1.165, 1.54) is 0 Å². The topological polar surface area (TPSA) is 70.7 Å². The van der Waals surface area contributed by atoms with Crippen molar-refractivity contribution in [3.63, 3.8) is 0 Å². The Morgan fingerprint density at radius 3 is 2.72 bits per heavy atom. The Morgan fingerprint density at radius 1 is 1.17 bits per heavy atom. The van der Waals surface area contributed by atoms with E-state index in [2.05, 4.69) is 10.6 Å². The number of likely N-dealkylation sites (tertiary alicyclic amines) is 1. The third-order valence-corrected chi connectivity index (χ3v) is 8.31. The number of fused-ring (bicyclic) bond motifs is 3. The standard InChI is InChI=1S/C21H34FN3O3S/c1-21(2,3)28-20(27)25-9-8-13(11-25)18(26)24-19-23-16-7-4-12-10-14(22)5-6-15(12)17(16)29-19/h12-17,19,23H,4-11H2,1-3H3,(H,24,26)/t12?,13-,14?,15?,16?,17?,19?/m0/s1. The molecule has 0 aromatic rings. The molecule has 6 nitrogen and oxygen atoms in total. The van der Waals surface area contributed by atoms with Gasteiger partial charge in [0.25, 0.3) is 0 Å². The van der Waals surface area contributed by atoms with Crippen molar-refractivity contribution in [2.45, 2.75) is 87.9 Å². The molecule has 6 unspecified atom stereocenters. The molecule has 8 heteroatoms. The van der Waals surface area contributed by atoms with Crippen LogP contribution in [0.5, 0.6) is 0 Å². The number of ether oxygens (including phenoxy) is 1. The predicted octanol–water partition coefficient (Wildman–Crippen LogP) is 3.27. The van der Waals surface area contributed by atoms with Crippen LogP contribution in [-0.2, 0) is 9.53 Å². The number of amides is 2. The molecule has 2 heterocycles. The molecule has 4 rings (SSSR count). The number of alkyl halides is 1. The van der Waals surface area contributed by atoms with Crippen LogP contribution < -0.4 is 10.6 Å². The fraction of sp³-hybridized carbons (Fsp3) is 0.905. The maximum Gasteiger partial charge on any atom is 0.410 e. The Labute approximate surface area is 177 Å². The van der Waals surface area contributed by atoms with E-state index >= 15 is 0 Å². The largest absolute Gasteiger partial charge is 0.444 e. The first kappa shape index (κ1) is 21.2. The molecule has 0 radical (unpaired) electrons. The van der Waals surface area contributed by atoms with Crippen molar-refractivity contribution < 1.29 is 18.7 Å². The Morgan fingerprint density at radius 2 is 1.97 bits per heavy atom. The molecule has 2 aliphatic carbocycles. The van der Waals surface area contributed by atoms with E-state index in [-0.39, 0.29) is 23.4 Å². The van der Waals surface area contributed by atoms with Crippen molar-refractivity contribution in [3.8, 4) is 0 Å². The van der Waals surface area contributed by atoms with Crippen LogP contribution in [0.2, 0.25) is 0 Å². The lowest BCUT2D eigenvalue weighted by Gasteiger charge is -2.42. The van der Waals surface area contributed by atoms with Crippen LogP contribution in [0.3, 0.4) is 0 Å². The second-order valence-electron chi connectivity index (χ2n) is 10.1. The Bertz CT molecular complexity index is 643. The highest BCUT2D eigenvalue weighted by Gasteiger charge is 2.48. The van der Waals surface area contributed by atoms with Gasteiger partial charge in [-0.3, -0.25) is 10.1 Å². The lowest BCUT2D eigenvalue weighted by Crippen LogP contribution is -2.48. The highest BCUT2D eigenvalue weighted by Crippen LogP contribution is 2.48. The van der Waals surface area contributed by atoms with Crippen molar-refractivity contribution in [3.05, 3.63) is 0 Å². The van der Waals surface area contributed by atoms with Gasteiger partial charge in [0.2, 0.25) is 5.91 Å². The normalized spacial score (nSPS) is 39.6. The predicted molar refractivity (Wildman–Crippen MR) is 111 cm³/mol. The van der Waals surface area contributed by atoms with Crippen molar-refractivity contribution in [1.29, 1.82) is 0 Å². The van der Waals surface area contributed by atoms with Crippen molar-refractivity contribution in [2.75, 3.05) is 13.1 Å². The minimum Gasteiger partial charge on any atom is -0.444 e. The minimum absolute atomic E-state index is 0.00345. The molecule has 4 fully saturated rings. The summed E-state index contributed by atoms with van der Waals surface area (Å²) in [6.45, 7) is 6.50. The van der Waals surface area contributed by atoms with Gasteiger partial charge in [-0.1, -0.05) is 0 Å². The highest BCUT2D eigenvalue weighted by atomic mass is 32.2. The monoisotopic (exact) mass is 427 g/mol. The van der Waals surface area contributed by atoms with Crippen LogP contribution in [0.25, 0.3) is 0 Å². The van der Waals surface area contributed by atoms with E-state index in [1.54, 1.807) is 4.90 Å². The van der Waals surface area contributed by atoms with Crippen LogP contribution in [0.4, 0.5) is 9.18 Å². The van der Waals surface area contributed by atoms with Gasteiger partial charge in [0.15, 0.2) is 0 Å². The van der Waals surface area contributed by atoms with Gasteiger partial charge in [-0.2, -0.15) is 0 Å². The highest BCUT2D eigenvalue weighted by molar-refractivity contribution is 8.00. The quantitative estimate of drug-likeness (QED) is 0.708. The van der Waals surface area contributed by atoms with Crippen molar-refractivity contribution >= 4 is 23.8 Å². The molecular formula is C21H34FN3O3S. The first-order valence-electron chi connectivity index (χ1n) is 11.0. The summed E-state index contributed by atoms with van der Waals surface area (Å²) in [6, 6.07) is 0.407. The van der Waals surface area contributed by atoms with Crippen LogP contribution in [0, 0.1) is 17.8 Å². The summed E-state index contributed by atoms with van der Waals surface area (Å²) in [4.78, 5) is 26.7. The summed E-state index contributed by atoms with van der Waals surface area (Å²) in [6.07, 6.45) is 4.22. The summed E-state index contributed by atoms with van der Waals surface area (Å²) in [5, 5.41) is 7.20. The molecule has 2 N–H and O–H groups in total. The molecule has 164 valence electrons. The molecule has 2 amide bonds. The molecule has 2 saturated carbocycles. The van der Waals surface area contributed by atoms with Gasteiger partial charge in [-0.25, -0.2) is 9.18 Å². The lowest BCUT2D eigenvalue weighted by molar-refractivity contribution is -0.124. The van der Waals surface area contributed by atoms with Gasteiger partial charge in [0.1, 0.15) is 17.3 Å². The Hall–Kier alpha value is -1.02. The van der Waals surface area contributed by atoms with Crippen LogP contribution >= 0.6 is 11.8 Å². The molecule has 0 spiro atoms. The lowest BCUT2D eigenvalue weighted by atomic mass is 9.68. The minimum atomic E-state index is -0.627. The molecule has 4 aliphatic rings. The zero-order valence-corrected chi connectivity index (χ0v) is 18.5.